The van der Waals surface area contributed by atoms with Gasteiger partial charge in [0.2, 0.25) is 0 Å². The first-order chi connectivity index (χ1) is 10.2. The molecule has 1 aromatic heterocycles. The minimum absolute atomic E-state index is 0.475. The van der Waals surface area contributed by atoms with Crippen molar-refractivity contribution in [2.24, 2.45) is 0 Å². The van der Waals surface area contributed by atoms with Crippen LogP contribution >= 0.6 is 11.3 Å². The molecule has 0 aliphatic rings. The van der Waals surface area contributed by atoms with Crippen LogP contribution in [0, 0.1) is 0 Å². The number of nitrogens with zero attached hydrogens (tertiary/aromatic N) is 1. The van der Waals surface area contributed by atoms with Crippen molar-refractivity contribution in [1.29, 1.82) is 0 Å². The molecule has 0 saturated heterocycles. The number of aromatic nitrogens is 1. The summed E-state index contributed by atoms with van der Waals surface area (Å²) < 4.78 is 6.38. The molecular weight excluding hydrogens is 280 g/mol. The van der Waals surface area contributed by atoms with Crippen molar-refractivity contribution < 1.29 is 4.74 Å². The molecule has 108 valence electrons. The van der Waals surface area contributed by atoms with E-state index in [-0.39, 0.29) is 0 Å². The number of thiazole rings is 1. The van der Waals surface area contributed by atoms with E-state index in [1.165, 1.54) is 5.56 Å². The number of benzene rings is 2. The standard InChI is InChI=1S/C17H18N2OS/c1-11(2)13-6-4-5-7-14(13)18-17-19-15-9-8-12(20-3)10-16(15)21-17/h4-11H,1-3H3,(H,18,19). The third-order valence-electron chi connectivity index (χ3n) is 3.42. The fourth-order valence-corrected chi connectivity index (χ4v) is 3.22. The Kier molecular flexibility index (Phi) is 3.80. The van der Waals surface area contributed by atoms with Gasteiger partial charge in [-0.1, -0.05) is 43.4 Å². The number of ether oxygens (including phenoxy) is 1. The Morgan fingerprint density at radius 2 is 1.95 bits per heavy atom. The van der Waals surface area contributed by atoms with Gasteiger partial charge >= 0.3 is 0 Å². The lowest BCUT2D eigenvalue weighted by molar-refractivity contribution is 0.415. The molecule has 3 nitrogen and oxygen atoms in total. The molecule has 0 atom stereocenters. The van der Waals surface area contributed by atoms with Crippen molar-refractivity contribution in [3.05, 3.63) is 48.0 Å². The second kappa shape index (κ2) is 5.74. The smallest absolute Gasteiger partial charge is 0.188 e. The summed E-state index contributed by atoms with van der Waals surface area (Å²) in [5, 5.41) is 4.36. The summed E-state index contributed by atoms with van der Waals surface area (Å²) in [6.07, 6.45) is 0. The molecule has 2 aromatic carbocycles. The molecule has 0 spiro atoms. The van der Waals surface area contributed by atoms with E-state index >= 15 is 0 Å². The number of nitrogens with one attached hydrogen (secondary N) is 1. The zero-order chi connectivity index (χ0) is 14.8. The van der Waals surface area contributed by atoms with Gasteiger partial charge in [-0.25, -0.2) is 4.98 Å². The average molecular weight is 298 g/mol. The molecule has 0 saturated carbocycles. The van der Waals surface area contributed by atoms with E-state index in [0.29, 0.717) is 5.92 Å². The van der Waals surface area contributed by atoms with Crippen LogP contribution in [0.5, 0.6) is 5.75 Å². The summed E-state index contributed by atoms with van der Waals surface area (Å²) >= 11 is 1.64. The van der Waals surface area contributed by atoms with Crippen molar-refractivity contribution in [2.45, 2.75) is 19.8 Å². The van der Waals surface area contributed by atoms with Crippen LogP contribution in [0.15, 0.2) is 42.5 Å². The lowest BCUT2D eigenvalue weighted by Crippen LogP contribution is -1.96. The number of methoxy groups -OCH3 is 1. The van der Waals surface area contributed by atoms with Crippen LogP contribution in [0.25, 0.3) is 10.2 Å². The number of fused-ring (bicyclic) bond motifs is 1. The fourth-order valence-electron chi connectivity index (χ4n) is 2.31. The SMILES string of the molecule is COc1ccc2nc(Nc3ccccc3C(C)C)sc2c1. The van der Waals surface area contributed by atoms with Gasteiger partial charge < -0.3 is 10.1 Å². The minimum Gasteiger partial charge on any atom is -0.497 e. The highest BCUT2D eigenvalue weighted by Crippen LogP contribution is 2.33. The Labute approximate surface area is 128 Å². The highest BCUT2D eigenvalue weighted by molar-refractivity contribution is 7.22. The molecular formula is C17H18N2OS. The molecule has 0 amide bonds. The van der Waals surface area contributed by atoms with Gasteiger partial charge in [0.15, 0.2) is 5.13 Å². The summed E-state index contributed by atoms with van der Waals surface area (Å²) in [6.45, 7) is 4.40. The fraction of sp³-hybridized carbons (Fsp3) is 0.235. The van der Waals surface area contributed by atoms with Gasteiger partial charge in [-0.15, -0.1) is 0 Å². The number of anilines is 2. The highest BCUT2D eigenvalue weighted by atomic mass is 32.1. The number of hydrogen-bond acceptors (Lipinski definition) is 4. The zero-order valence-corrected chi connectivity index (χ0v) is 13.2. The molecule has 3 aromatic rings. The predicted octanol–water partition coefficient (Wildman–Crippen LogP) is 5.17. The molecule has 0 fully saturated rings. The van der Waals surface area contributed by atoms with Gasteiger partial charge in [0.25, 0.3) is 0 Å². The first-order valence-corrected chi connectivity index (χ1v) is 7.79. The second-order valence-corrected chi connectivity index (χ2v) is 6.25. The topological polar surface area (TPSA) is 34.1 Å². The Bertz CT molecular complexity index is 764. The molecule has 0 radical (unpaired) electrons. The quantitative estimate of drug-likeness (QED) is 0.721. The van der Waals surface area contributed by atoms with Crippen molar-refractivity contribution in [3.8, 4) is 5.75 Å². The minimum atomic E-state index is 0.475. The second-order valence-electron chi connectivity index (χ2n) is 5.22. The maximum atomic E-state index is 5.26. The molecule has 1 heterocycles. The third kappa shape index (κ3) is 2.85. The Morgan fingerprint density at radius 1 is 1.14 bits per heavy atom. The van der Waals surface area contributed by atoms with E-state index in [0.717, 1.165) is 26.8 Å². The first-order valence-electron chi connectivity index (χ1n) is 6.98. The normalized spacial score (nSPS) is 11.0. The monoisotopic (exact) mass is 298 g/mol. The molecule has 3 rings (SSSR count). The third-order valence-corrected chi connectivity index (χ3v) is 4.35. The van der Waals surface area contributed by atoms with Crippen LogP contribution in [-0.2, 0) is 0 Å². The van der Waals surface area contributed by atoms with Gasteiger partial charge in [-0.05, 0) is 35.7 Å². The van der Waals surface area contributed by atoms with Crippen LogP contribution in [0.3, 0.4) is 0 Å². The van der Waals surface area contributed by atoms with E-state index < -0.39 is 0 Å². The molecule has 0 aliphatic heterocycles. The van der Waals surface area contributed by atoms with Crippen LogP contribution in [0.1, 0.15) is 25.3 Å². The van der Waals surface area contributed by atoms with E-state index in [1.807, 2.05) is 24.3 Å². The summed E-state index contributed by atoms with van der Waals surface area (Å²) in [7, 11) is 1.68. The Hall–Kier alpha value is -2.07. The van der Waals surface area contributed by atoms with Crippen molar-refractivity contribution in [1.82, 2.24) is 4.98 Å². The first kappa shape index (κ1) is 13.9. The number of hydrogen-bond donors (Lipinski definition) is 1. The summed E-state index contributed by atoms with van der Waals surface area (Å²) in [5.74, 6) is 1.34. The maximum Gasteiger partial charge on any atom is 0.188 e. The summed E-state index contributed by atoms with van der Waals surface area (Å²) in [4.78, 5) is 4.64. The zero-order valence-electron chi connectivity index (χ0n) is 12.4. The number of para-hydroxylation sites is 1. The van der Waals surface area contributed by atoms with Crippen LogP contribution in [0.4, 0.5) is 10.8 Å². The molecule has 0 aliphatic carbocycles. The predicted molar refractivity (Wildman–Crippen MR) is 90.0 cm³/mol. The summed E-state index contributed by atoms with van der Waals surface area (Å²) in [5.41, 5.74) is 3.41. The highest BCUT2D eigenvalue weighted by Gasteiger charge is 2.09. The van der Waals surface area contributed by atoms with Crippen LogP contribution in [-0.4, -0.2) is 12.1 Å². The lowest BCUT2D eigenvalue weighted by atomic mass is 10.0. The van der Waals surface area contributed by atoms with E-state index in [2.05, 4.69) is 42.3 Å². The lowest BCUT2D eigenvalue weighted by Gasteiger charge is -2.12. The Morgan fingerprint density at radius 3 is 2.71 bits per heavy atom. The number of rotatable bonds is 4. The van der Waals surface area contributed by atoms with E-state index in [9.17, 15) is 0 Å². The molecule has 0 unspecified atom stereocenters. The van der Waals surface area contributed by atoms with Gasteiger partial charge in [0.1, 0.15) is 5.75 Å². The Balaban J connectivity index is 1.95. The summed E-state index contributed by atoms with van der Waals surface area (Å²) in [6, 6.07) is 14.3. The molecule has 0 bridgehead atoms. The van der Waals surface area contributed by atoms with Crippen LogP contribution < -0.4 is 10.1 Å². The van der Waals surface area contributed by atoms with E-state index in [1.54, 1.807) is 18.4 Å². The van der Waals surface area contributed by atoms with Crippen molar-refractivity contribution in [3.63, 3.8) is 0 Å². The van der Waals surface area contributed by atoms with E-state index in [4.69, 9.17) is 4.74 Å². The van der Waals surface area contributed by atoms with Gasteiger partial charge in [0.05, 0.1) is 17.3 Å². The molecule has 1 N–H and O–H groups in total. The van der Waals surface area contributed by atoms with Crippen molar-refractivity contribution in [2.75, 3.05) is 12.4 Å². The average Bonchev–Trinajstić information content (AvgIpc) is 2.88. The van der Waals surface area contributed by atoms with Gasteiger partial charge in [-0.2, -0.15) is 0 Å². The van der Waals surface area contributed by atoms with Crippen LogP contribution in [0.2, 0.25) is 0 Å². The largest absolute Gasteiger partial charge is 0.497 e. The molecule has 4 heteroatoms. The van der Waals surface area contributed by atoms with Gasteiger partial charge in [0, 0.05) is 5.69 Å². The maximum absolute atomic E-state index is 5.26. The van der Waals surface area contributed by atoms with Crippen molar-refractivity contribution >= 4 is 32.4 Å². The molecule has 21 heavy (non-hydrogen) atoms. The van der Waals surface area contributed by atoms with Gasteiger partial charge in [-0.3, -0.25) is 0 Å².